The van der Waals surface area contributed by atoms with Gasteiger partial charge in [-0.05, 0) is 35.6 Å². The number of anilines is 1. The lowest BCUT2D eigenvalue weighted by Crippen LogP contribution is -2.34. The summed E-state index contributed by atoms with van der Waals surface area (Å²) in [5.74, 6) is -0.170. The molecule has 3 amide bonds. The van der Waals surface area contributed by atoms with Gasteiger partial charge in [-0.15, -0.1) is 11.3 Å². The van der Waals surface area contributed by atoms with Gasteiger partial charge in [0, 0.05) is 10.6 Å². The molecule has 5 nitrogen and oxygen atoms in total. The molecule has 116 valence electrons. The molecule has 1 heterocycles. The third kappa shape index (κ3) is 4.60. The third-order valence-corrected chi connectivity index (χ3v) is 4.22. The van der Waals surface area contributed by atoms with Crippen LogP contribution >= 0.6 is 11.3 Å². The van der Waals surface area contributed by atoms with Crippen LogP contribution in [0.5, 0.6) is 0 Å². The highest BCUT2D eigenvalue weighted by atomic mass is 32.1. The number of carbonyl (C=O) groups excluding carboxylic acids is 2. The van der Waals surface area contributed by atoms with Gasteiger partial charge in [0.15, 0.2) is 0 Å². The topological polar surface area (TPSA) is 84.2 Å². The summed E-state index contributed by atoms with van der Waals surface area (Å²) in [6, 6.07) is 10.4. The molecule has 0 aliphatic heterocycles. The number of hydrogen-bond donors (Lipinski definition) is 3. The molecule has 0 bridgehead atoms. The standard InChI is InChI=1S/C16H19N3O2S/c1-2-11-5-7-12(8-6-11)18-15(20)10-13(19-16(17)21)14-4-3-9-22-14/h3-9,13H,2,10H2,1H3,(H,18,20)(H3,17,19,21). The second-order valence-corrected chi connectivity index (χ2v) is 5.86. The second kappa shape index (κ2) is 7.61. The summed E-state index contributed by atoms with van der Waals surface area (Å²) in [4.78, 5) is 24.2. The lowest BCUT2D eigenvalue weighted by molar-refractivity contribution is -0.116. The average Bonchev–Trinajstić information content (AvgIpc) is 3.01. The molecule has 1 aromatic carbocycles. The molecule has 1 aromatic heterocycles. The van der Waals surface area contributed by atoms with E-state index in [-0.39, 0.29) is 12.3 Å². The van der Waals surface area contributed by atoms with Crippen LogP contribution in [-0.2, 0) is 11.2 Å². The van der Waals surface area contributed by atoms with Crippen molar-refractivity contribution in [2.24, 2.45) is 5.73 Å². The van der Waals surface area contributed by atoms with E-state index in [2.05, 4.69) is 17.6 Å². The van der Waals surface area contributed by atoms with E-state index in [0.29, 0.717) is 0 Å². The van der Waals surface area contributed by atoms with E-state index < -0.39 is 12.1 Å². The number of rotatable bonds is 6. The van der Waals surface area contributed by atoms with Crippen LogP contribution in [0.15, 0.2) is 41.8 Å². The number of amides is 3. The molecule has 6 heteroatoms. The van der Waals surface area contributed by atoms with E-state index in [1.54, 1.807) is 0 Å². The largest absolute Gasteiger partial charge is 0.352 e. The molecule has 0 aliphatic carbocycles. The summed E-state index contributed by atoms with van der Waals surface area (Å²) in [6.07, 6.45) is 1.09. The Balaban J connectivity index is 1.99. The minimum Gasteiger partial charge on any atom is -0.352 e. The summed E-state index contributed by atoms with van der Waals surface area (Å²) in [7, 11) is 0. The number of thiophene rings is 1. The average molecular weight is 317 g/mol. The monoisotopic (exact) mass is 317 g/mol. The maximum Gasteiger partial charge on any atom is 0.312 e. The van der Waals surface area contributed by atoms with Gasteiger partial charge in [0.2, 0.25) is 5.91 Å². The van der Waals surface area contributed by atoms with Crippen molar-refractivity contribution in [3.63, 3.8) is 0 Å². The van der Waals surface area contributed by atoms with Crippen LogP contribution in [0.2, 0.25) is 0 Å². The predicted octanol–water partition coefficient (Wildman–Crippen LogP) is 3.05. The maximum atomic E-state index is 12.2. The maximum absolute atomic E-state index is 12.2. The zero-order valence-electron chi connectivity index (χ0n) is 12.3. The van der Waals surface area contributed by atoms with E-state index in [1.165, 1.54) is 16.9 Å². The van der Waals surface area contributed by atoms with Crippen LogP contribution < -0.4 is 16.4 Å². The molecule has 2 rings (SSSR count). The Morgan fingerprint density at radius 1 is 1.23 bits per heavy atom. The van der Waals surface area contributed by atoms with E-state index in [9.17, 15) is 9.59 Å². The van der Waals surface area contributed by atoms with Crippen LogP contribution in [0.4, 0.5) is 10.5 Å². The van der Waals surface area contributed by atoms with Gasteiger partial charge >= 0.3 is 6.03 Å². The first kappa shape index (κ1) is 16.0. The molecule has 0 saturated heterocycles. The van der Waals surface area contributed by atoms with E-state index in [1.807, 2.05) is 41.8 Å². The Kier molecular flexibility index (Phi) is 5.55. The van der Waals surface area contributed by atoms with Crippen molar-refractivity contribution in [1.82, 2.24) is 5.32 Å². The van der Waals surface area contributed by atoms with E-state index >= 15 is 0 Å². The predicted molar refractivity (Wildman–Crippen MR) is 88.8 cm³/mol. The van der Waals surface area contributed by atoms with Gasteiger partial charge in [-0.2, -0.15) is 0 Å². The van der Waals surface area contributed by atoms with Crippen molar-refractivity contribution in [1.29, 1.82) is 0 Å². The summed E-state index contributed by atoms with van der Waals surface area (Å²) in [6.45, 7) is 2.08. The molecular weight excluding hydrogens is 298 g/mol. The summed E-state index contributed by atoms with van der Waals surface area (Å²) in [5.41, 5.74) is 7.14. The molecule has 4 N–H and O–H groups in total. The van der Waals surface area contributed by atoms with Gasteiger partial charge < -0.3 is 16.4 Å². The van der Waals surface area contributed by atoms with Gasteiger partial charge in [-0.1, -0.05) is 25.1 Å². The van der Waals surface area contributed by atoms with Crippen molar-refractivity contribution in [2.45, 2.75) is 25.8 Å². The van der Waals surface area contributed by atoms with Crippen molar-refractivity contribution < 1.29 is 9.59 Å². The van der Waals surface area contributed by atoms with E-state index in [4.69, 9.17) is 5.73 Å². The highest BCUT2D eigenvalue weighted by Crippen LogP contribution is 2.22. The molecule has 1 atom stereocenters. The van der Waals surface area contributed by atoms with Gasteiger partial charge in [0.25, 0.3) is 0 Å². The molecule has 22 heavy (non-hydrogen) atoms. The quantitative estimate of drug-likeness (QED) is 0.765. The normalized spacial score (nSPS) is 11.7. The highest BCUT2D eigenvalue weighted by molar-refractivity contribution is 7.10. The van der Waals surface area contributed by atoms with Gasteiger partial charge in [0.1, 0.15) is 0 Å². The first-order valence-corrected chi connectivity index (χ1v) is 7.94. The number of primary amides is 1. The van der Waals surface area contributed by atoms with Crippen molar-refractivity contribution in [2.75, 3.05) is 5.32 Å². The fourth-order valence-electron chi connectivity index (χ4n) is 2.11. The Labute approximate surface area is 133 Å². The van der Waals surface area contributed by atoms with Crippen LogP contribution in [0.3, 0.4) is 0 Å². The summed E-state index contributed by atoms with van der Waals surface area (Å²) >= 11 is 1.48. The van der Waals surface area contributed by atoms with Crippen LogP contribution in [0, 0.1) is 0 Å². The minimum absolute atomic E-state index is 0.138. The molecular formula is C16H19N3O2S. The molecule has 0 fully saturated rings. The SMILES string of the molecule is CCc1ccc(NC(=O)CC(NC(N)=O)c2cccs2)cc1. The number of benzene rings is 1. The minimum atomic E-state index is -0.640. The van der Waals surface area contributed by atoms with Gasteiger partial charge in [0.05, 0.1) is 12.5 Å². The molecule has 0 radical (unpaired) electrons. The Morgan fingerprint density at radius 2 is 1.95 bits per heavy atom. The smallest absolute Gasteiger partial charge is 0.312 e. The van der Waals surface area contributed by atoms with Crippen molar-refractivity contribution in [3.8, 4) is 0 Å². The second-order valence-electron chi connectivity index (χ2n) is 4.88. The number of nitrogens with one attached hydrogen (secondary N) is 2. The fraction of sp³-hybridized carbons (Fsp3) is 0.250. The molecule has 2 aromatic rings. The zero-order chi connectivity index (χ0) is 15.9. The van der Waals surface area contributed by atoms with Gasteiger partial charge in [-0.25, -0.2) is 4.79 Å². The first-order valence-electron chi connectivity index (χ1n) is 7.06. The lowest BCUT2D eigenvalue weighted by atomic mass is 10.1. The molecule has 0 saturated carbocycles. The number of hydrogen-bond acceptors (Lipinski definition) is 3. The van der Waals surface area contributed by atoms with Crippen LogP contribution in [0.1, 0.15) is 29.8 Å². The molecule has 0 spiro atoms. The van der Waals surface area contributed by atoms with E-state index in [0.717, 1.165) is 17.0 Å². The van der Waals surface area contributed by atoms with Crippen LogP contribution in [0.25, 0.3) is 0 Å². The number of urea groups is 1. The first-order chi connectivity index (χ1) is 10.6. The summed E-state index contributed by atoms with van der Waals surface area (Å²) < 4.78 is 0. The lowest BCUT2D eigenvalue weighted by Gasteiger charge is -2.16. The zero-order valence-corrected chi connectivity index (χ0v) is 13.2. The highest BCUT2D eigenvalue weighted by Gasteiger charge is 2.18. The number of nitrogens with two attached hydrogens (primary N) is 1. The molecule has 1 unspecified atom stereocenters. The van der Waals surface area contributed by atoms with Crippen LogP contribution in [-0.4, -0.2) is 11.9 Å². The summed E-state index contributed by atoms with van der Waals surface area (Å²) in [5, 5.41) is 7.33. The fourth-order valence-corrected chi connectivity index (χ4v) is 2.88. The van der Waals surface area contributed by atoms with Crippen molar-refractivity contribution in [3.05, 3.63) is 52.2 Å². The third-order valence-electron chi connectivity index (χ3n) is 3.24. The van der Waals surface area contributed by atoms with Crippen molar-refractivity contribution >= 4 is 29.0 Å². The molecule has 0 aliphatic rings. The Hall–Kier alpha value is -2.34. The Bertz CT molecular complexity index is 623. The van der Waals surface area contributed by atoms with Gasteiger partial charge in [-0.3, -0.25) is 4.79 Å². The Morgan fingerprint density at radius 3 is 2.50 bits per heavy atom. The number of aryl methyl sites for hydroxylation is 1. The number of carbonyl (C=O) groups is 2.